The summed E-state index contributed by atoms with van der Waals surface area (Å²) in [4.78, 5) is 14.2. The number of likely N-dealkylation sites (N-methyl/N-ethyl adjacent to an activating group) is 1. The number of carbonyl (C=O) groups is 1. The first kappa shape index (κ1) is 16.5. The van der Waals surface area contributed by atoms with Gasteiger partial charge in [0.25, 0.3) is 0 Å². The Hall–Kier alpha value is -0.910. The molecule has 116 valence electrons. The zero-order valence-electron chi connectivity index (χ0n) is 12.6. The van der Waals surface area contributed by atoms with E-state index in [0.717, 1.165) is 29.3 Å². The summed E-state index contributed by atoms with van der Waals surface area (Å²) in [6, 6.07) is 8.34. The molecule has 2 rings (SSSR count). The second-order valence-electron chi connectivity index (χ2n) is 5.65. The molecule has 1 aromatic carbocycles. The lowest BCUT2D eigenvalue weighted by molar-refractivity contribution is -0.115. The Kier molecular flexibility index (Phi) is 6.67. The van der Waals surface area contributed by atoms with Gasteiger partial charge in [-0.15, -0.1) is 0 Å². The van der Waals surface area contributed by atoms with Crippen LogP contribution in [0.1, 0.15) is 25.7 Å². The maximum atomic E-state index is 11.8. The molecule has 4 nitrogen and oxygen atoms in total. The molecule has 1 saturated carbocycles. The summed E-state index contributed by atoms with van der Waals surface area (Å²) < 4.78 is 1.01. The minimum absolute atomic E-state index is 0.000780. The Labute approximate surface area is 135 Å². The molecule has 1 amide bonds. The second kappa shape index (κ2) is 8.51. The molecule has 21 heavy (non-hydrogen) atoms. The Bertz CT molecular complexity index is 443. The number of nitrogens with one attached hydrogen (secondary N) is 2. The maximum absolute atomic E-state index is 11.8. The van der Waals surface area contributed by atoms with Crippen molar-refractivity contribution in [3.63, 3.8) is 0 Å². The van der Waals surface area contributed by atoms with Gasteiger partial charge >= 0.3 is 0 Å². The van der Waals surface area contributed by atoms with E-state index in [1.807, 2.05) is 24.3 Å². The monoisotopic (exact) mass is 353 g/mol. The summed E-state index contributed by atoms with van der Waals surface area (Å²) in [6.07, 6.45) is 5.36. The van der Waals surface area contributed by atoms with Gasteiger partial charge in [-0.1, -0.05) is 28.8 Å². The third kappa shape index (κ3) is 5.77. The van der Waals surface area contributed by atoms with Gasteiger partial charge in [0, 0.05) is 29.3 Å². The number of rotatable bonds is 7. The number of benzene rings is 1. The predicted molar refractivity (Wildman–Crippen MR) is 90.5 cm³/mol. The van der Waals surface area contributed by atoms with E-state index in [1.165, 1.54) is 25.7 Å². The number of hydrogen-bond acceptors (Lipinski definition) is 3. The number of hydrogen-bond donors (Lipinski definition) is 2. The van der Waals surface area contributed by atoms with Crippen LogP contribution in [0.25, 0.3) is 0 Å². The van der Waals surface area contributed by atoms with E-state index in [4.69, 9.17) is 0 Å². The van der Waals surface area contributed by atoms with E-state index in [1.54, 1.807) is 0 Å². The van der Waals surface area contributed by atoms with Gasteiger partial charge in [0.15, 0.2) is 0 Å². The van der Waals surface area contributed by atoms with Crippen LogP contribution in [-0.2, 0) is 4.79 Å². The molecular formula is C16H24BrN3O. The van der Waals surface area contributed by atoms with E-state index in [0.29, 0.717) is 6.54 Å². The fraction of sp³-hybridized carbons (Fsp3) is 0.562. The van der Waals surface area contributed by atoms with Gasteiger partial charge < -0.3 is 15.5 Å². The van der Waals surface area contributed by atoms with Crippen LogP contribution in [0.2, 0.25) is 0 Å². The fourth-order valence-electron chi connectivity index (χ4n) is 2.72. The van der Waals surface area contributed by atoms with Crippen LogP contribution >= 0.6 is 15.9 Å². The molecule has 0 heterocycles. The van der Waals surface area contributed by atoms with Crippen molar-refractivity contribution in [1.29, 1.82) is 0 Å². The molecule has 0 aliphatic heterocycles. The lowest BCUT2D eigenvalue weighted by Gasteiger charge is -2.23. The number of anilines is 1. The Morgan fingerprint density at radius 2 is 1.95 bits per heavy atom. The highest BCUT2D eigenvalue weighted by Crippen LogP contribution is 2.21. The van der Waals surface area contributed by atoms with E-state index < -0.39 is 0 Å². The van der Waals surface area contributed by atoms with Gasteiger partial charge in [-0.3, -0.25) is 4.79 Å². The third-order valence-corrected chi connectivity index (χ3v) is 4.53. The topological polar surface area (TPSA) is 44.4 Å². The van der Waals surface area contributed by atoms with Crippen LogP contribution in [0.15, 0.2) is 28.7 Å². The molecular weight excluding hydrogens is 330 g/mol. The highest BCUT2D eigenvalue weighted by Gasteiger charge is 2.18. The zero-order chi connectivity index (χ0) is 15.1. The van der Waals surface area contributed by atoms with Crippen LogP contribution in [-0.4, -0.2) is 43.5 Å². The highest BCUT2D eigenvalue weighted by molar-refractivity contribution is 9.10. The van der Waals surface area contributed by atoms with Crippen LogP contribution in [0, 0.1) is 0 Å². The molecule has 1 aliphatic rings. The van der Waals surface area contributed by atoms with Gasteiger partial charge in [-0.05, 0) is 44.2 Å². The first-order valence-corrected chi connectivity index (χ1v) is 8.41. The molecule has 1 aromatic rings. The first-order chi connectivity index (χ1) is 10.1. The zero-order valence-corrected chi connectivity index (χ0v) is 14.2. The summed E-state index contributed by atoms with van der Waals surface area (Å²) in [7, 11) is 2.18. The van der Waals surface area contributed by atoms with Crippen LogP contribution in [0.5, 0.6) is 0 Å². The number of nitrogens with zero attached hydrogens (tertiary/aromatic N) is 1. The molecule has 0 atom stereocenters. The van der Waals surface area contributed by atoms with Crippen molar-refractivity contribution < 1.29 is 4.79 Å². The Morgan fingerprint density at radius 3 is 2.62 bits per heavy atom. The smallest absolute Gasteiger partial charge is 0.238 e. The second-order valence-corrected chi connectivity index (χ2v) is 6.57. The van der Waals surface area contributed by atoms with Crippen molar-refractivity contribution >= 4 is 27.5 Å². The summed E-state index contributed by atoms with van der Waals surface area (Å²) in [6.45, 7) is 2.20. The highest BCUT2D eigenvalue weighted by atomic mass is 79.9. The van der Waals surface area contributed by atoms with E-state index in [2.05, 4.69) is 38.5 Å². The van der Waals surface area contributed by atoms with Crippen LogP contribution in [0.3, 0.4) is 0 Å². The molecule has 5 heteroatoms. The van der Waals surface area contributed by atoms with E-state index >= 15 is 0 Å². The summed E-state index contributed by atoms with van der Waals surface area (Å²) >= 11 is 3.37. The van der Waals surface area contributed by atoms with Gasteiger partial charge in [-0.2, -0.15) is 0 Å². The van der Waals surface area contributed by atoms with Crippen molar-refractivity contribution in [2.75, 3.05) is 32.0 Å². The average molecular weight is 354 g/mol. The maximum Gasteiger partial charge on any atom is 0.238 e. The molecule has 0 bridgehead atoms. The summed E-state index contributed by atoms with van der Waals surface area (Å²) in [5.74, 6) is 0.000780. The molecule has 0 spiro atoms. The Balaban J connectivity index is 1.59. The van der Waals surface area contributed by atoms with Crippen LogP contribution in [0.4, 0.5) is 5.69 Å². The number of halogens is 1. The molecule has 1 fully saturated rings. The summed E-state index contributed by atoms with van der Waals surface area (Å²) in [5.41, 5.74) is 0.827. The molecule has 0 aromatic heterocycles. The normalized spacial score (nSPS) is 15.6. The molecule has 0 radical (unpaired) electrons. The van der Waals surface area contributed by atoms with Crippen molar-refractivity contribution in [2.45, 2.75) is 31.7 Å². The molecule has 0 unspecified atom stereocenters. The van der Waals surface area contributed by atoms with Crippen molar-refractivity contribution in [3.8, 4) is 0 Å². The molecule has 2 N–H and O–H groups in total. The van der Waals surface area contributed by atoms with Gasteiger partial charge in [-0.25, -0.2) is 0 Å². The van der Waals surface area contributed by atoms with E-state index in [9.17, 15) is 4.79 Å². The quantitative estimate of drug-likeness (QED) is 0.740. The Morgan fingerprint density at radius 1 is 1.29 bits per heavy atom. The number of amides is 1. The first-order valence-electron chi connectivity index (χ1n) is 7.61. The molecule has 1 aliphatic carbocycles. The largest absolute Gasteiger partial charge is 0.325 e. The van der Waals surface area contributed by atoms with Gasteiger partial charge in [0.2, 0.25) is 5.91 Å². The van der Waals surface area contributed by atoms with Crippen LogP contribution < -0.4 is 10.6 Å². The van der Waals surface area contributed by atoms with Crippen molar-refractivity contribution in [1.82, 2.24) is 10.2 Å². The lowest BCUT2D eigenvalue weighted by atomic mass is 10.2. The minimum Gasteiger partial charge on any atom is -0.325 e. The molecule has 0 saturated heterocycles. The third-order valence-electron chi connectivity index (χ3n) is 4.00. The van der Waals surface area contributed by atoms with Gasteiger partial charge in [0.1, 0.15) is 0 Å². The van der Waals surface area contributed by atoms with Crippen molar-refractivity contribution in [2.24, 2.45) is 0 Å². The standard InChI is InChI=1S/C16H24BrN3O/c1-20(15-4-2-3-5-15)11-10-18-12-16(21)19-14-8-6-13(17)7-9-14/h6-9,15,18H,2-5,10-12H2,1H3,(H,19,21). The average Bonchev–Trinajstić information content (AvgIpc) is 3.00. The van der Waals surface area contributed by atoms with Gasteiger partial charge in [0.05, 0.1) is 6.54 Å². The van der Waals surface area contributed by atoms with E-state index in [-0.39, 0.29) is 5.91 Å². The lowest BCUT2D eigenvalue weighted by Crippen LogP contribution is -2.37. The summed E-state index contributed by atoms with van der Waals surface area (Å²) in [5, 5.41) is 6.08. The predicted octanol–water partition coefficient (Wildman–Crippen LogP) is 2.85. The number of carbonyl (C=O) groups excluding carboxylic acids is 1. The SMILES string of the molecule is CN(CCNCC(=O)Nc1ccc(Br)cc1)C1CCCC1. The fourth-order valence-corrected chi connectivity index (χ4v) is 2.99. The van der Waals surface area contributed by atoms with Crippen molar-refractivity contribution in [3.05, 3.63) is 28.7 Å². The minimum atomic E-state index is 0.000780.